The summed E-state index contributed by atoms with van der Waals surface area (Å²) in [5, 5.41) is 7.74. The van der Waals surface area contributed by atoms with Crippen LogP contribution in [0.2, 0.25) is 0 Å². The van der Waals surface area contributed by atoms with E-state index in [1.54, 1.807) is 0 Å². The highest BCUT2D eigenvalue weighted by atomic mass is 32.2. The van der Waals surface area contributed by atoms with E-state index in [1.807, 2.05) is 11.8 Å². The predicted octanol–water partition coefficient (Wildman–Crippen LogP) is 11.9. The molecule has 2 atom stereocenters. The van der Waals surface area contributed by atoms with Crippen LogP contribution in [0.4, 0.5) is 0 Å². The van der Waals surface area contributed by atoms with E-state index in [2.05, 4.69) is 146 Å². The fourth-order valence-corrected chi connectivity index (χ4v) is 9.57. The van der Waals surface area contributed by atoms with Crippen LogP contribution in [0.15, 0.2) is 167 Å². The van der Waals surface area contributed by atoms with Crippen molar-refractivity contribution in [1.82, 2.24) is 0 Å². The molecule has 0 radical (unpaired) electrons. The number of benzene rings is 6. The van der Waals surface area contributed by atoms with E-state index < -0.39 is 0 Å². The molecular weight excluding hydrogens is 577 g/mol. The summed E-state index contributed by atoms with van der Waals surface area (Å²) in [5.74, 6) is 1.36. The SMILES string of the molecule is C1=CCC2C(=C1)SC1=C2C(c2c3ccccc3c(-c3cccc4ccccc34)c3ccccc23)=C2C=C(c3ccccc3)OC2C1. The van der Waals surface area contributed by atoms with E-state index in [0.717, 1.165) is 24.2 Å². The van der Waals surface area contributed by atoms with Gasteiger partial charge in [-0.1, -0.05) is 151 Å². The highest BCUT2D eigenvalue weighted by Crippen LogP contribution is 2.60. The minimum atomic E-state index is 0.000404. The molecule has 0 saturated heterocycles. The zero-order valence-corrected chi connectivity index (χ0v) is 26.1. The average Bonchev–Trinajstić information content (AvgIpc) is 3.71. The van der Waals surface area contributed by atoms with Gasteiger partial charge in [0.2, 0.25) is 0 Å². The summed E-state index contributed by atoms with van der Waals surface area (Å²) in [4.78, 5) is 2.94. The summed E-state index contributed by atoms with van der Waals surface area (Å²) >= 11 is 1.99. The third-order valence-corrected chi connectivity index (χ3v) is 11.4. The minimum absolute atomic E-state index is 0.000404. The number of rotatable bonds is 3. The van der Waals surface area contributed by atoms with Gasteiger partial charge in [0.05, 0.1) is 0 Å². The number of hydrogen-bond acceptors (Lipinski definition) is 2. The van der Waals surface area contributed by atoms with Crippen molar-refractivity contribution in [3.8, 4) is 11.1 Å². The smallest absolute Gasteiger partial charge is 0.129 e. The second-order valence-corrected chi connectivity index (χ2v) is 13.8. The molecule has 10 rings (SSSR count). The average molecular weight is 607 g/mol. The van der Waals surface area contributed by atoms with Crippen LogP contribution in [0.5, 0.6) is 0 Å². The number of ether oxygens (including phenoxy) is 1. The van der Waals surface area contributed by atoms with Gasteiger partial charge in [-0.25, -0.2) is 0 Å². The standard InChI is InChI=1S/C44H30OS/c1-2-14-28(15-3-1)37-25-36-38(45-37)26-40-43(35-22-10-11-24-39(35)46-40)44(36)42-33-20-8-6-18-31(33)41(32-19-7-9-21-34(32)42)30-23-12-16-27-13-4-5-17-29(27)30/h1-21,23-25,35,38H,22,26H2. The Hall–Kier alpha value is -5.05. The van der Waals surface area contributed by atoms with Crippen LogP contribution in [0, 0.1) is 5.92 Å². The van der Waals surface area contributed by atoms with Crippen LogP contribution in [0.25, 0.3) is 54.8 Å². The molecule has 2 heteroatoms. The van der Waals surface area contributed by atoms with Crippen molar-refractivity contribution in [2.75, 3.05) is 0 Å². The van der Waals surface area contributed by atoms with Gasteiger partial charge in [-0.15, -0.1) is 0 Å². The van der Waals surface area contributed by atoms with Crippen molar-refractivity contribution in [3.05, 3.63) is 178 Å². The van der Waals surface area contributed by atoms with Crippen LogP contribution in [0.3, 0.4) is 0 Å². The van der Waals surface area contributed by atoms with Gasteiger partial charge in [-0.05, 0) is 82.5 Å². The largest absolute Gasteiger partial charge is 0.485 e. The Kier molecular flexibility index (Phi) is 5.83. The van der Waals surface area contributed by atoms with Crippen LogP contribution in [-0.4, -0.2) is 6.10 Å². The summed E-state index contributed by atoms with van der Waals surface area (Å²) < 4.78 is 6.85. The topological polar surface area (TPSA) is 9.23 Å². The number of fused-ring (bicyclic) bond motifs is 6. The summed E-state index contributed by atoms with van der Waals surface area (Å²) in [6, 6.07) is 44.3. The molecule has 2 unspecified atom stereocenters. The first-order chi connectivity index (χ1) is 22.8. The van der Waals surface area contributed by atoms with Crippen LogP contribution in [0.1, 0.15) is 24.0 Å². The van der Waals surface area contributed by atoms with Gasteiger partial charge in [0, 0.05) is 23.5 Å². The van der Waals surface area contributed by atoms with Crippen molar-refractivity contribution in [2.45, 2.75) is 18.9 Å². The Morgan fingerprint density at radius 2 is 1.28 bits per heavy atom. The number of thioether (sulfide) groups is 1. The molecule has 1 nitrogen and oxygen atoms in total. The lowest BCUT2D eigenvalue weighted by molar-refractivity contribution is 0.220. The van der Waals surface area contributed by atoms with Crippen molar-refractivity contribution in [2.24, 2.45) is 5.92 Å². The lowest BCUT2D eigenvalue weighted by Gasteiger charge is -2.30. The van der Waals surface area contributed by atoms with E-state index in [1.165, 1.54) is 75.5 Å². The van der Waals surface area contributed by atoms with Crippen molar-refractivity contribution >= 4 is 55.4 Å². The van der Waals surface area contributed by atoms with Gasteiger partial charge in [-0.3, -0.25) is 0 Å². The molecule has 0 spiro atoms. The van der Waals surface area contributed by atoms with Crippen molar-refractivity contribution in [3.63, 3.8) is 0 Å². The quantitative estimate of drug-likeness (QED) is 0.185. The molecule has 0 N–H and O–H groups in total. The van der Waals surface area contributed by atoms with Crippen LogP contribution in [-0.2, 0) is 4.74 Å². The Balaban J connectivity index is 1.33. The molecule has 46 heavy (non-hydrogen) atoms. The molecular formula is C44H30OS. The predicted molar refractivity (Wildman–Crippen MR) is 195 cm³/mol. The molecule has 6 aromatic rings. The maximum absolute atomic E-state index is 6.85. The second kappa shape index (κ2) is 10.2. The zero-order chi connectivity index (χ0) is 30.2. The van der Waals surface area contributed by atoms with Crippen molar-refractivity contribution < 1.29 is 4.74 Å². The van der Waals surface area contributed by atoms with E-state index in [9.17, 15) is 0 Å². The summed E-state index contributed by atoms with van der Waals surface area (Å²) in [7, 11) is 0. The molecule has 0 amide bonds. The lowest BCUT2D eigenvalue weighted by atomic mass is 9.74. The molecule has 0 bridgehead atoms. The Morgan fingerprint density at radius 1 is 0.630 bits per heavy atom. The molecule has 0 aromatic heterocycles. The zero-order valence-electron chi connectivity index (χ0n) is 25.2. The first kappa shape index (κ1) is 26.2. The van der Waals surface area contributed by atoms with E-state index in [4.69, 9.17) is 4.74 Å². The van der Waals surface area contributed by atoms with Crippen LogP contribution >= 0.6 is 11.8 Å². The molecule has 0 saturated carbocycles. The molecule has 2 aliphatic carbocycles. The fraction of sp³-hybridized carbons (Fsp3) is 0.0909. The molecule has 2 heterocycles. The first-order valence-electron chi connectivity index (χ1n) is 16.2. The van der Waals surface area contributed by atoms with Gasteiger partial charge in [0.1, 0.15) is 11.9 Å². The normalized spacial score (nSPS) is 20.1. The lowest BCUT2D eigenvalue weighted by Crippen LogP contribution is -2.18. The molecule has 218 valence electrons. The Labute approximate surface area is 272 Å². The highest BCUT2D eigenvalue weighted by Gasteiger charge is 2.43. The highest BCUT2D eigenvalue weighted by molar-refractivity contribution is 8.07. The summed E-state index contributed by atoms with van der Waals surface area (Å²) in [6.45, 7) is 0. The van der Waals surface area contributed by atoms with E-state index in [-0.39, 0.29) is 6.10 Å². The molecule has 0 fully saturated rings. The third kappa shape index (κ3) is 3.83. The maximum atomic E-state index is 6.85. The van der Waals surface area contributed by atoms with Gasteiger partial charge in [0.25, 0.3) is 0 Å². The van der Waals surface area contributed by atoms with Gasteiger partial charge < -0.3 is 4.74 Å². The first-order valence-corrected chi connectivity index (χ1v) is 17.0. The molecule has 2 aliphatic heterocycles. The van der Waals surface area contributed by atoms with Gasteiger partial charge in [-0.2, -0.15) is 0 Å². The van der Waals surface area contributed by atoms with E-state index in [0.29, 0.717) is 5.92 Å². The maximum Gasteiger partial charge on any atom is 0.129 e. The van der Waals surface area contributed by atoms with Crippen LogP contribution < -0.4 is 0 Å². The van der Waals surface area contributed by atoms with E-state index >= 15 is 0 Å². The Bertz CT molecular complexity index is 2360. The monoisotopic (exact) mass is 606 g/mol. The van der Waals surface area contributed by atoms with Crippen molar-refractivity contribution in [1.29, 1.82) is 0 Å². The molecule has 4 aliphatic rings. The molecule has 6 aromatic carbocycles. The summed E-state index contributed by atoms with van der Waals surface area (Å²) in [5.41, 5.74) is 9.28. The number of allylic oxidation sites excluding steroid dienone is 6. The van der Waals surface area contributed by atoms with Gasteiger partial charge >= 0.3 is 0 Å². The number of hydrogen-bond donors (Lipinski definition) is 0. The fourth-order valence-electron chi connectivity index (χ4n) is 8.19. The van der Waals surface area contributed by atoms with Gasteiger partial charge in [0.15, 0.2) is 0 Å². The second-order valence-electron chi connectivity index (χ2n) is 12.6. The summed E-state index contributed by atoms with van der Waals surface area (Å²) in [6.07, 6.45) is 11.2. The minimum Gasteiger partial charge on any atom is -0.485 e. The third-order valence-electron chi connectivity index (χ3n) is 10.1. The Morgan fingerprint density at radius 3 is 2.04 bits per heavy atom.